The molecule has 0 unspecified atom stereocenters. The third kappa shape index (κ3) is 5.37. The maximum Gasteiger partial charge on any atom is 0.156 e. The Hall–Kier alpha value is -3.73. The Morgan fingerprint density at radius 3 is 1.97 bits per heavy atom. The predicted octanol–water partition coefficient (Wildman–Crippen LogP) is 6.04. The van der Waals surface area contributed by atoms with Crippen molar-refractivity contribution in [2.24, 2.45) is 0 Å². The molecule has 168 valence electrons. The molecule has 0 aliphatic rings. The molecule has 1 heterocycles. The van der Waals surface area contributed by atoms with Crippen LogP contribution in [0.3, 0.4) is 0 Å². The molecule has 5 nitrogen and oxygen atoms in total. The van der Waals surface area contributed by atoms with E-state index in [-0.39, 0.29) is 0 Å². The van der Waals surface area contributed by atoms with Crippen LogP contribution in [0.15, 0.2) is 78.9 Å². The molecule has 1 aromatic heterocycles. The van der Waals surface area contributed by atoms with Gasteiger partial charge in [0.1, 0.15) is 17.1 Å². The maximum atomic E-state index is 5.62. The van der Waals surface area contributed by atoms with Gasteiger partial charge < -0.3 is 9.64 Å². The lowest BCUT2D eigenvalue weighted by molar-refractivity contribution is 0.340. The van der Waals surface area contributed by atoms with Crippen molar-refractivity contribution in [3.63, 3.8) is 0 Å². The quantitative estimate of drug-likeness (QED) is 0.319. The van der Waals surface area contributed by atoms with E-state index in [2.05, 4.69) is 65.3 Å². The van der Waals surface area contributed by atoms with Crippen molar-refractivity contribution < 1.29 is 4.74 Å². The topological polar surface area (TPSA) is 51.1 Å². The van der Waals surface area contributed by atoms with Gasteiger partial charge in [0, 0.05) is 36.3 Å². The summed E-state index contributed by atoms with van der Waals surface area (Å²) in [5, 5.41) is 9.11. The Labute approximate surface area is 196 Å². The number of nitrogens with zero attached hydrogens (tertiary/aromatic N) is 4. The van der Waals surface area contributed by atoms with Gasteiger partial charge in [0.2, 0.25) is 0 Å². The first-order valence-electron chi connectivity index (χ1n) is 11.6. The average Bonchev–Trinajstić information content (AvgIpc) is 2.87. The highest BCUT2D eigenvalue weighted by Crippen LogP contribution is 2.31. The second-order valence-corrected chi connectivity index (χ2v) is 7.76. The zero-order chi connectivity index (χ0) is 23.0. The molecule has 4 rings (SSSR count). The number of anilines is 1. The Morgan fingerprint density at radius 2 is 1.33 bits per heavy atom. The highest BCUT2D eigenvalue weighted by Gasteiger charge is 2.15. The molecule has 33 heavy (non-hydrogen) atoms. The zero-order valence-corrected chi connectivity index (χ0v) is 19.5. The molecule has 5 heteroatoms. The molecule has 0 fully saturated rings. The van der Waals surface area contributed by atoms with E-state index >= 15 is 0 Å². The number of aromatic nitrogens is 3. The first-order chi connectivity index (χ1) is 16.2. The summed E-state index contributed by atoms with van der Waals surface area (Å²) >= 11 is 0. The smallest absolute Gasteiger partial charge is 0.156 e. The van der Waals surface area contributed by atoms with Crippen LogP contribution in [-0.2, 0) is 6.42 Å². The summed E-state index contributed by atoms with van der Waals surface area (Å²) in [6.07, 6.45) is 0.638. The minimum absolute atomic E-state index is 0.638. The summed E-state index contributed by atoms with van der Waals surface area (Å²) in [4.78, 5) is 7.28. The van der Waals surface area contributed by atoms with Crippen LogP contribution in [0.5, 0.6) is 5.75 Å². The van der Waals surface area contributed by atoms with Crippen molar-refractivity contribution in [2.45, 2.75) is 27.2 Å². The molecular weight excluding hydrogens is 408 g/mol. The lowest BCUT2D eigenvalue weighted by Crippen LogP contribution is -2.21. The third-order valence-electron chi connectivity index (χ3n) is 5.64. The second-order valence-electron chi connectivity index (χ2n) is 7.76. The number of benzene rings is 3. The van der Waals surface area contributed by atoms with Crippen LogP contribution in [0.25, 0.3) is 22.5 Å². The largest absolute Gasteiger partial charge is 0.494 e. The SMILES string of the molecule is CCOc1ccc(-c2nc(Cc3ccccc3)nnc2-c2ccc(N(CC)CC)cc2)cc1. The molecular formula is C28H30N4O. The first-order valence-corrected chi connectivity index (χ1v) is 11.6. The van der Waals surface area contributed by atoms with Crippen LogP contribution in [0.1, 0.15) is 32.2 Å². The van der Waals surface area contributed by atoms with E-state index in [1.54, 1.807) is 0 Å². The normalized spacial score (nSPS) is 10.8. The van der Waals surface area contributed by atoms with Gasteiger partial charge in [-0.2, -0.15) is 0 Å². The summed E-state index contributed by atoms with van der Waals surface area (Å²) in [5.74, 6) is 1.55. The van der Waals surface area contributed by atoms with Crippen molar-refractivity contribution in [1.29, 1.82) is 0 Å². The summed E-state index contributed by atoms with van der Waals surface area (Å²) in [6.45, 7) is 8.91. The van der Waals surface area contributed by atoms with E-state index in [0.29, 0.717) is 18.9 Å². The fraction of sp³-hybridized carbons (Fsp3) is 0.250. The standard InChI is InChI=1S/C28H30N4O/c1-4-32(5-2)24-16-12-23(13-17-24)28-27(22-14-18-25(19-15-22)33-6-3)29-26(30-31-28)20-21-10-8-7-9-11-21/h7-19H,4-6,20H2,1-3H3. The lowest BCUT2D eigenvalue weighted by atomic mass is 10.0. The van der Waals surface area contributed by atoms with Crippen LogP contribution < -0.4 is 9.64 Å². The van der Waals surface area contributed by atoms with Gasteiger partial charge >= 0.3 is 0 Å². The van der Waals surface area contributed by atoms with Crippen LogP contribution in [0.2, 0.25) is 0 Å². The summed E-state index contributed by atoms with van der Waals surface area (Å²) in [7, 11) is 0. The fourth-order valence-corrected chi connectivity index (χ4v) is 3.90. The van der Waals surface area contributed by atoms with E-state index in [9.17, 15) is 0 Å². The van der Waals surface area contributed by atoms with Crippen molar-refractivity contribution in [2.75, 3.05) is 24.6 Å². The Bertz CT molecular complexity index is 1150. The first kappa shape index (κ1) is 22.5. The number of rotatable bonds is 9. The van der Waals surface area contributed by atoms with E-state index in [1.807, 2.05) is 49.4 Å². The van der Waals surface area contributed by atoms with Crippen LogP contribution in [0, 0.1) is 0 Å². The highest BCUT2D eigenvalue weighted by atomic mass is 16.5. The molecule has 4 aromatic rings. The predicted molar refractivity (Wildman–Crippen MR) is 135 cm³/mol. The monoisotopic (exact) mass is 438 g/mol. The van der Waals surface area contributed by atoms with E-state index < -0.39 is 0 Å². The second kappa shape index (κ2) is 10.7. The van der Waals surface area contributed by atoms with E-state index in [4.69, 9.17) is 9.72 Å². The van der Waals surface area contributed by atoms with Gasteiger partial charge in [0.15, 0.2) is 5.82 Å². The lowest BCUT2D eigenvalue weighted by Gasteiger charge is -2.21. The molecule has 0 aliphatic heterocycles. The highest BCUT2D eigenvalue weighted by molar-refractivity contribution is 5.78. The molecule has 0 spiro atoms. The molecule has 3 aromatic carbocycles. The van der Waals surface area contributed by atoms with Gasteiger partial charge in [-0.05, 0) is 62.7 Å². The van der Waals surface area contributed by atoms with Crippen LogP contribution in [-0.4, -0.2) is 34.9 Å². The summed E-state index contributed by atoms with van der Waals surface area (Å²) < 4.78 is 5.62. The molecule has 0 N–H and O–H groups in total. The Kier molecular flexibility index (Phi) is 7.30. The fourth-order valence-electron chi connectivity index (χ4n) is 3.90. The zero-order valence-electron chi connectivity index (χ0n) is 19.5. The van der Waals surface area contributed by atoms with Gasteiger partial charge in [-0.15, -0.1) is 10.2 Å². The molecule has 0 bridgehead atoms. The maximum absolute atomic E-state index is 5.62. The number of ether oxygens (including phenoxy) is 1. The van der Waals surface area contributed by atoms with Crippen LogP contribution in [0.4, 0.5) is 5.69 Å². The summed E-state index contributed by atoms with van der Waals surface area (Å²) in [5.41, 5.74) is 5.96. The van der Waals surface area contributed by atoms with Crippen molar-refractivity contribution in [1.82, 2.24) is 15.2 Å². The number of hydrogen-bond donors (Lipinski definition) is 0. The number of hydrogen-bond acceptors (Lipinski definition) is 5. The van der Waals surface area contributed by atoms with Crippen LogP contribution >= 0.6 is 0 Å². The molecule has 0 saturated carbocycles. The van der Waals surface area contributed by atoms with Crippen molar-refractivity contribution in [3.05, 3.63) is 90.3 Å². The van der Waals surface area contributed by atoms with Gasteiger partial charge in [0.25, 0.3) is 0 Å². The molecule has 0 aliphatic carbocycles. The summed E-state index contributed by atoms with van der Waals surface area (Å²) in [6, 6.07) is 26.8. The van der Waals surface area contributed by atoms with E-state index in [1.165, 1.54) is 5.69 Å². The van der Waals surface area contributed by atoms with Gasteiger partial charge in [-0.1, -0.05) is 42.5 Å². The van der Waals surface area contributed by atoms with Crippen molar-refractivity contribution >= 4 is 5.69 Å². The molecule has 0 atom stereocenters. The Morgan fingerprint density at radius 1 is 0.697 bits per heavy atom. The molecule has 0 radical (unpaired) electrons. The average molecular weight is 439 g/mol. The van der Waals surface area contributed by atoms with Gasteiger partial charge in [0.05, 0.1) is 6.61 Å². The van der Waals surface area contributed by atoms with E-state index in [0.717, 1.165) is 46.9 Å². The third-order valence-corrected chi connectivity index (χ3v) is 5.64. The molecule has 0 saturated heterocycles. The van der Waals surface area contributed by atoms with Gasteiger partial charge in [-0.3, -0.25) is 0 Å². The molecule has 0 amide bonds. The van der Waals surface area contributed by atoms with Crippen molar-refractivity contribution in [3.8, 4) is 28.3 Å². The minimum atomic E-state index is 0.638. The minimum Gasteiger partial charge on any atom is -0.494 e. The van der Waals surface area contributed by atoms with Gasteiger partial charge in [-0.25, -0.2) is 4.98 Å². The Balaban J connectivity index is 1.73.